The fourth-order valence-electron chi connectivity index (χ4n) is 1.24. The van der Waals surface area contributed by atoms with Gasteiger partial charge in [0, 0.05) is 25.6 Å². The van der Waals surface area contributed by atoms with Crippen LogP contribution >= 0.6 is 11.3 Å². The van der Waals surface area contributed by atoms with Gasteiger partial charge in [-0.05, 0) is 29.3 Å². The van der Waals surface area contributed by atoms with Gasteiger partial charge >= 0.3 is 0 Å². The van der Waals surface area contributed by atoms with E-state index in [-0.39, 0.29) is 6.04 Å². The number of hydrogen-bond donors (Lipinski definition) is 2. The van der Waals surface area contributed by atoms with Crippen molar-refractivity contribution in [3.8, 4) is 11.8 Å². The molecule has 0 aromatic carbocycles. The third-order valence-corrected chi connectivity index (χ3v) is 2.70. The summed E-state index contributed by atoms with van der Waals surface area (Å²) in [5.74, 6) is 5.90. The van der Waals surface area contributed by atoms with Crippen molar-refractivity contribution in [3.05, 3.63) is 22.4 Å². The van der Waals surface area contributed by atoms with Crippen molar-refractivity contribution in [1.82, 2.24) is 5.32 Å². The minimum atomic E-state index is 0.278. The van der Waals surface area contributed by atoms with E-state index < -0.39 is 0 Å². The van der Waals surface area contributed by atoms with E-state index in [1.165, 1.54) is 5.56 Å². The van der Waals surface area contributed by atoms with Gasteiger partial charge in [0.15, 0.2) is 0 Å². The first-order chi connectivity index (χ1) is 6.88. The van der Waals surface area contributed by atoms with Gasteiger partial charge in [0.1, 0.15) is 0 Å². The first-order valence-corrected chi connectivity index (χ1v) is 5.68. The lowest BCUT2D eigenvalue weighted by molar-refractivity contribution is 0.552. The van der Waals surface area contributed by atoms with Crippen LogP contribution in [0.15, 0.2) is 16.8 Å². The Kier molecular flexibility index (Phi) is 5.31. The summed E-state index contributed by atoms with van der Waals surface area (Å²) in [7, 11) is 0. The Morgan fingerprint density at radius 3 is 3.07 bits per heavy atom. The maximum atomic E-state index is 5.68. The van der Waals surface area contributed by atoms with Crippen molar-refractivity contribution in [3.63, 3.8) is 0 Å². The molecule has 1 unspecified atom stereocenters. The summed E-state index contributed by atoms with van der Waals surface area (Å²) in [5, 5.41) is 7.60. The van der Waals surface area contributed by atoms with Gasteiger partial charge in [-0.1, -0.05) is 0 Å². The summed E-state index contributed by atoms with van der Waals surface area (Å²) in [6, 6.07) is 2.39. The Morgan fingerprint density at radius 1 is 1.64 bits per heavy atom. The summed E-state index contributed by atoms with van der Waals surface area (Å²) >= 11 is 1.70. The summed E-state index contributed by atoms with van der Waals surface area (Å²) in [6.45, 7) is 3.40. The molecule has 0 aliphatic carbocycles. The quantitative estimate of drug-likeness (QED) is 0.571. The Bertz CT molecular complexity index is 295. The third-order valence-electron chi connectivity index (χ3n) is 2.00. The van der Waals surface area contributed by atoms with E-state index in [4.69, 9.17) is 5.73 Å². The number of thiophene rings is 1. The standard InChI is InChI=1S/C11H16N2S/c1-2-3-4-6-13-11(8-12)10-5-7-14-9-10/h5,7,9,11,13H,4,6,8,12H2,1H3. The van der Waals surface area contributed by atoms with Crippen LogP contribution in [-0.2, 0) is 0 Å². The van der Waals surface area contributed by atoms with Crippen LogP contribution in [0.1, 0.15) is 24.9 Å². The lowest BCUT2D eigenvalue weighted by Crippen LogP contribution is -2.28. The van der Waals surface area contributed by atoms with E-state index >= 15 is 0 Å². The van der Waals surface area contributed by atoms with Crippen LogP contribution in [0.25, 0.3) is 0 Å². The normalized spacial score (nSPS) is 11.9. The molecule has 1 aromatic heterocycles. The van der Waals surface area contributed by atoms with Gasteiger partial charge in [-0.15, -0.1) is 11.8 Å². The van der Waals surface area contributed by atoms with Crippen LogP contribution in [0.4, 0.5) is 0 Å². The minimum Gasteiger partial charge on any atom is -0.329 e. The predicted octanol–water partition coefficient (Wildman–Crippen LogP) is 1.75. The molecule has 76 valence electrons. The van der Waals surface area contributed by atoms with E-state index in [0.717, 1.165) is 13.0 Å². The van der Waals surface area contributed by atoms with Crippen LogP contribution in [-0.4, -0.2) is 13.1 Å². The molecule has 3 heteroatoms. The van der Waals surface area contributed by atoms with Gasteiger partial charge in [0.2, 0.25) is 0 Å². The van der Waals surface area contributed by atoms with Gasteiger partial charge in [-0.25, -0.2) is 0 Å². The molecule has 0 saturated carbocycles. The fraction of sp³-hybridized carbons (Fsp3) is 0.455. The van der Waals surface area contributed by atoms with Gasteiger partial charge in [-0.2, -0.15) is 11.3 Å². The highest BCUT2D eigenvalue weighted by Gasteiger charge is 2.07. The Balaban J connectivity index is 2.35. The van der Waals surface area contributed by atoms with E-state index in [2.05, 4.69) is 34.0 Å². The van der Waals surface area contributed by atoms with Crippen LogP contribution in [0.2, 0.25) is 0 Å². The average Bonchev–Trinajstić information content (AvgIpc) is 2.71. The molecule has 0 bridgehead atoms. The SMILES string of the molecule is CC#CCCNC(CN)c1ccsc1. The molecule has 0 radical (unpaired) electrons. The number of rotatable bonds is 5. The molecular formula is C11H16N2S. The molecule has 0 fully saturated rings. The molecule has 0 saturated heterocycles. The second kappa shape index (κ2) is 6.61. The first kappa shape index (κ1) is 11.3. The molecule has 1 heterocycles. The summed E-state index contributed by atoms with van der Waals surface area (Å²) in [6.07, 6.45) is 0.886. The van der Waals surface area contributed by atoms with Crippen molar-refractivity contribution in [2.75, 3.05) is 13.1 Å². The van der Waals surface area contributed by atoms with Crippen molar-refractivity contribution in [1.29, 1.82) is 0 Å². The Labute approximate surface area is 89.5 Å². The fourth-order valence-corrected chi connectivity index (χ4v) is 1.96. The topological polar surface area (TPSA) is 38.0 Å². The lowest BCUT2D eigenvalue weighted by atomic mass is 10.1. The highest BCUT2D eigenvalue weighted by atomic mass is 32.1. The van der Waals surface area contributed by atoms with E-state index in [1.54, 1.807) is 11.3 Å². The molecule has 1 atom stereocenters. The largest absolute Gasteiger partial charge is 0.329 e. The van der Waals surface area contributed by atoms with Crippen LogP contribution in [0.3, 0.4) is 0 Å². The molecule has 0 spiro atoms. The number of hydrogen-bond acceptors (Lipinski definition) is 3. The zero-order chi connectivity index (χ0) is 10.2. The molecular weight excluding hydrogens is 192 g/mol. The van der Waals surface area contributed by atoms with Gasteiger partial charge < -0.3 is 11.1 Å². The van der Waals surface area contributed by atoms with Crippen molar-refractivity contribution >= 4 is 11.3 Å². The van der Waals surface area contributed by atoms with Crippen LogP contribution in [0, 0.1) is 11.8 Å². The third kappa shape index (κ3) is 3.51. The van der Waals surface area contributed by atoms with Crippen molar-refractivity contribution in [2.24, 2.45) is 5.73 Å². The molecule has 1 aromatic rings. The minimum absolute atomic E-state index is 0.278. The Hall–Kier alpha value is -0.820. The zero-order valence-electron chi connectivity index (χ0n) is 8.42. The van der Waals surface area contributed by atoms with Crippen LogP contribution in [0.5, 0.6) is 0 Å². The second-order valence-corrected chi connectivity index (χ2v) is 3.76. The van der Waals surface area contributed by atoms with Crippen molar-refractivity contribution < 1.29 is 0 Å². The lowest BCUT2D eigenvalue weighted by Gasteiger charge is -2.14. The number of nitrogens with one attached hydrogen (secondary N) is 1. The van der Waals surface area contributed by atoms with E-state index in [9.17, 15) is 0 Å². The predicted molar refractivity (Wildman–Crippen MR) is 62.2 cm³/mol. The highest BCUT2D eigenvalue weighted by molar-refractivity contribution is 7.07. The number of nitrogens with two attached hydrogens (primary N) is 1. The maximum Gasteiger partial charge on any atom is 0.0453 e. The van der Waals surface area contributed by atoms with Gasteiger partial charge in [0.05, 0.1) is 0 Å². The smallest absolute Gasteiger partial charge is 0.0453 e. The second-order valence-electron chi connectivity index (χ2n) is 2.98. The molecule has 1 rings (SSSR count). The van der Waals surface area contributed by atoms with Crippen molar-refractivity contribution in [2.45, 2.75) is 19.4 Å². The molecule has 2 nitrogen and oxygen atoms in total. The average molecular weight is 208 g/mol. The maximum absolute atomic E-state index is 5.68. The zero-order valence-corrected chi connectivity index (χ0v) is 9.23. The molecule has 0 aliphatic heterocycles. The summed E-state index contributed by atoms with van der Waals surface area (Å²) in [5.41, 5.74) is 6.96. The van der Waals surface area contributed by atoms with E-state index in [0.29, 0.717) is 6.54 Å². The van der Waals surface area contributed by atoms with Gasteiger partial charge in [-0.3, -0.25) is 0 Å². The summed E-state index contributed by atoms with van der Waals surface area (Å²) in [4.78, 5) is 0. The summed E-state index contributed by atoms with van der Waals surface area (Å²) < 4.78 is 0. The van der Waals surface area contributed by atoms with E-state index in [1.807, 2.05) is 6.92 Å². The molecule has 0 amide bonds. The molecule has 14 heavy (non-hydrogen) atoms. The van der Waals surface area contributed by atoms with Gasteiger partial charge in [0.25, 0.3) is 0 Å². The monoisotopic (exact) mass is 208 g/mol. The molecule has 0 aliphatic rings. The highest BCUT2D eigenvalue weighted by Crippen LogP contribution is 2.14. The van der Waals surface area contributed by atoms with Crippen LogP contribution < -0.4 is 11.1 Å². The first-order valence-electron chi connectivity index (χ1n) is 4.73. The molecule has 3 N–H and O–H groups in total. The Morgan fingerprint density at radius 2 is 2.50 bits per heavy atom.